The van der Waals surface area contributed by atoms with Gasteiger partial charge in [-0.25, -0.2) is 4.79 Å². The van der Waals surface area contributed by atoms with Crippen LogP contribution in [0.4, 0.5) is 0 Å². The lowest BCUT2D eigenvalue weighted by atomic mass is 10.1. The predicted molar refractivity (Wildman–Crippen MR) is 89.3 cm³/mol. The molecule has 0 unspecified atom stereocenters. The number of nitriles is 1. The number of hydrogen-bond acceptors (Lipinski definition) is 4. The van der Waals surface area contributed by atoms with E-state index in [-0.39, 0.29) is 5.56 Å². The van der Waals surface area contributed by atoms with Crippen molar-refractivity contribution in [3.05, 3.63) is 75.0 Å². The van der Waals surface area contributed by atoms with E-state index in [9.17, 15) is 14.9 Å². The van der Waals surface area contributed by atoms with Gasteiger partial charge < -0.3 is 4.42 Å². The summed E-state index contributed by atoms with van der Waals surface area (Å²) in [6.45, 7) is 0. The number of rotatable bonds is 1. The van der Waals surface area contributed by atoms with Crippen molar-refractivity contribution in [2.24, 2.45) is 7.05 Å². The molecular weight excluding hydrogens is 306 g/mol. The average molecular weight is 317 g/mol. The lowest BCUT2D eigenvalue weighted by Crippen LogP contribution is -2.21. The lowest BCUT2D eigenvalue weighted by molar-refractivity contribution is 0.528. The van der Waals surface area contributed by atoms with Crippen molar-refractivity contribution in [3.63, 3.8) is 0 Å². The number of fused-ring (bicyclic) bond motifs is 2. The Labute approximate surface area is 135 Å². The molecule has 4 aromatic rings. The van der Waals surface area contributed by atoms with Gasteiger partial charge in [-0.15, -0.1) is 0 Å². The summed E-state index contributed by atoms with van der Waals surface area (Å²) in [5.41, 5.74) is 1.89. The standard InChI is InChI=1S/C18H11N3O3/c1-20-15-7-6-13(9-16(15)24-18(20)23)21-14-5-3-2-4-11(14)8-12(10-19)17(21)22/h2-9H,1H3. The van der Waals surface area contributed by atoms with Gasteiger partial charge in [-0.2, -0.15) is 5.26 Å². The maximum atomic E-state index is 12.7. The van der Waals surface area contributed by atoms with E-state index in [0.717, 1.165) is 5.39 Å². The highest BCUT2D eigenvalue weighted by Crippen LogP contribution is 2.21. The molecule has 24 heavy (non-hydrogen) atoms. The van der Waals surface area contributed by atoms with E-state index in [1.165, 1.54) is 9.13 Å². The molecule has 0 radical (unpaired) electrons. The minimum atomic E-state index is -0.467. The molecular formula is C18H11N3O3. The largest absolute Gasteiger partial charge is 0.419 e. The molecule has 0 N–H and O–H groups in total. The van der Waals surface area contributed by atoms with E-state index < -0.39 is 11.3 Å². The molecule has 6 nitrogen and oxygen atoms in total. The van der Waals surface area contributed by atoms with Gasteiger partial charge in [0.1, 0.15) is 11.6 Å². The minimum absolute atomic E-state index is 0.0586. The van der Waals surface area contributed by atoms with Crippen molar-refractivity contribution in [1.29, 1.82) is 5.26 Å². The van der Waals surface area contributed by atoms with Crippen molar-refractivity contribution in [2.75, 3.05) is 0 Å². The highest BCUT2D eigenvalue weighted by Gasteiger charge is 2.13. The number of para-hydroxylation sites is 1. The van der Waals surface area contributed by atoms with Gasteiger partial charge in [-0.1, -0.05) is 18.2 Å². The summed E-state index contributed by atoms with van der Waals surface area (Å²) in [4.78, 5) is 24.3. The molecule has 0 aliphatic rings. The van der Waals surface area contributed by atoms with Gasteiger partial charge >= 0.3 is 5.76 Å². The van der Waals surface area contributed by atoms with E-state index >= 15 is 0 Å². The van der Waals surface area contributed by atoms with Crippen molar-refractivity contribution in [3.8, 4) is 11.8 Å². The third kappa shape index (κ3) is 1.88. The molecule has 0 saturated heterocycles. The fourth-order valence-electron chi connectivity index (χ4n) is 2.86. The number of aromatic nitrogens is 2. The first-order valence-corrected chi connectivity index (χ1v) is 7.25. The third-order valence-corrected chi connectivity index (χ3v) is 4.07. The first kappa shape index (κ1) is 14.0. The number of oxazole rings is 1. The number of nitrogens with zero attached hydrogens (tertiary/aromatic N) is 3. The van der Waals surface area contributed by atoms with E-state index in [1.54, 1.807) is 31.3 Å². The zero-order chi connectivity index (χ0) is 16.8. The second-order valence-corrected chi connectivity index (χ2v) is 5.45. The summed E-state index contributed by atoms with van der Waals surface area (Å²) in [5, 5.41) is 10.0. The van der Waals surface area contributed by atoms with Crippen LogP contribution in [0.2, 0.25) is 0 Å². The van der Waals surface area contributed by atoms with Crippen LogP contribution in [0, 0.1) is 11.3 Å². The third-order valence-electron chi connectivity index (χ3n) is 4.07. The lowest BCUT2D eigenvalue weighted by Gasteiger charge is -2.11. The van der Waals surface area contributed by atoms with Gasteiger partial charge in [-0.3, -0.25) is 13.9 Å². The van der Waals surface area contributed by atoms with Crippen LogP contribution in [0.1, 0.15) is 5.56 Å². The summed E-state index contributed by atoms with van der Waals surface area (Å²) in [5.74, 6) is -0.467. The second kappa shape index (κ2) is 4.96. The summed E-state index contributed by atoms with van der Waals surface area (Å²) in [6, 6.07) is 15.9. The Morgan fingerprint density at radius 2 is 1.83 bits per heavy atom. The monoisotopic (exact) mass is 317 g/mol. The van der Waals surface area contributed by atoms with Gasteiger partial charge in [-0.05, 0) is 24.3 Å². The van der Waals surface area contributed by atoms with Gasteiger partial charge in [0.15, 0.2) is 5.58 Å². The molecule has 0 fully saturated rings. The van der Waals surface area contributed by atoms with Crippen LogP contribution in [-0.2, 0) is 7.05 Å². The molecule has 116 valence electrons. The van der Waals surface area contributed by atoms with Crippen LogP contribution < -0.4 is 11.3 Å². The maximum absolute atomic E-state index is 12.7. The van der Waals surface area contributed by atoms with Crippen LogP contribution >= 0.6 is 0 Å². The van der Waals surface area contributed by atoms with Gasteiger partial charge in [0.2, 0.25) is 0 Å². The molecule has 0 spiro atoms. The Morgan fingerprint density at radius 1 is 1.04 bits per heavy atom. The molecule has 2 heterocycles. The predicted octanol–water partition coefficient (Wildman–Crippen LogP) is 2.31. The molecule has 4 rings (SSSR count). The van der Waals surface area contributed by atoms with E-state index in [4.69, 9.17) is 4.42 Å². The van der Waals surface area contributed by atoms with Gasteiger partial charge in [0.25, 0.3) is 5.56 Å². The molecule has 6 heteroatoms. The van der Waals surface area contributed by atoms with E-state index in [0.29, 0.717) is 22.3 Å². The van der Waals surface area contributed by atoms with Crippen molar-refractivity contribution < 1.29 is 4.42 Å². The zero-order valence-electron chi connectivity index (χ0n) is 12.7. The quantitative estimate of drug-likeness (QED) is 0.539. The van der Waals surface area contributed by atoms with Crippen LogP contribution in [0.5, 0.6) is 0 Å². The molecule has 0 saturated carbocycles. The fourth-order valence-corrected chi connectivity index (χ4v) is 2.86. The topological polar surface area (TPSA) is 80.9 Å². The first-order chi connectivity index (χ1) is 11.6. The van der Waals surface area contributed by atoms with Crippen LogP contribution in [0.3, 0.4) is 0 Å². The highest BCUT2D eigenvalue weighted by atomic mass is 16.4. The Morgan fingerprint density at radius 3 is 2.62 bits per heavy atom. The second-order valence-electron chi connectivity index (χ2n) is 5.45. The van der Waals surface area contributed by atoms with Crippen molar-refractivity contribution in [1.82, 2.24) is 9.13 Å². The van der Waals surface area contributed by atoms with Crippen LogP contribution in [0.15, 0.2) is 62.5 Å². The number of hydrogen-bond donors (Lipinski definition) is 0. The number of benzene rings is 2. The Hall–Kier alpha value is -3.59. The van der Waals surface area contributed by atoms with Gasteiger partial charge in [0, 0.05) is 18.5 Å². The Bertz CT molecular complexity index is 1270. The molecule has 0 bridgehead atoms. The Kier molecular flexibility index (Phi) is 2.90. The maximum Gasteiger partial charge on any atom is 0.419 e. The van der Waals surface area contributed by atoms with Gasteiger partial charge in [0.05, 0.1) is 16.7 Å². The van der Waals surface area contributed by atoms with Crippen molar-refractivity contribution >= 4 is 22.0 Å². The fraction of sp³-hybridized carbons (Fsp3) is 0.0556. The summed E-state index contributed by atoms with van der Waals surface area (Å²) < 4.78 is 8.05. The minimum Gasteiger partial charge on any atom is -0.408 e. The van der Waals surface area contributed by atoms with Crippen LogP contribution in [-0.4, -0.2) is 9.13 Å². The number of pyridine rings is 1. The molecule has 2 aromatic carbocycles. The summed E-state index contributed by atoms with van der Waals surface area (Å²) in [6.07, 6.45) is 0. The summed E-state index contributed by atoms with van der Waals surface area (Å²) >= 11 is 0. The molecule has 0 aliphatic carbocycles. The molecule has 0 amide bonds. The van der Waals surface area contributed by atoms with Crippen LogP contribution in [0.25, 0.3) is 27.7 Å². The zero-order valence-corrected chi connectivity index (χ0v) is 12.7. The molecule has 0 aliphatic heterocycles. The highest BCUT2D eigenvalue weighted by molar-refractivity contribution is 5.83. The van der Waals surface area contributed by atoms with Crippen molar-refractivity contribution in [2.45, 2.75) is 0 Å². The average Bonchev–Trinajstić information content (AvgIpc) is 2.88. The molecule has 0 atom stereocenters. The SMILES string of the molecule is Cn1c(=O)oc2cc(-n3c(=O)c(C#N)cc4ccccc43)ccc21. The van der Waals surface area contributed by atoms with E-state index in [2.05, 4.69) is 0 Å². The smallest absolute Gasteiger partial charge is 0.408 e. The van der Waals surface area contributed by atoms with E-state index in [1.807, 2.05) is 30.3 Å². The Balaban J connectivity index is 2.13. The normalized spacial score (nSPS) is 11.0. The first-order valence-electron chi connectivity index (χ1n) is 7.25. The molecule has 2 aromatic heterocycles. The summed E-state index contributed by atoms with van der Waals surface area (Å²) in [7, 11) is 1.62. The number of aryl methyl sites for hydroxylation is 1.